The van der Waals surface area contributed by atoms with E-state index in [-0.39, 0.29) is 16.7 Å². The van der Waals surface area contributed by atoms with Crippen LogP contribution >= 0.6 is 0 Å². The molecule has 0 spiro atoms. The number of benzene rings is 2. The molecule has 8 heteroatoms. The highest BCUT2D eigenvalue weighted by molar-refractivity contribution is 7.92. The fourth-order valence-corrected chi connectivity index (χ4v) is 4.73. The van der Waals surface area contributed by atoms with E-state index in [1.165, 1.54) is 0 Å². The minimum Gasteiger partial charge on any atom is -0.354 e. The van der Waals surface area contributed by atoms with Gasteiger partial charge in [0, 0.05) is 24.3 Å². The molecule has 7 nitrogen and oxygen atoms in total. The molecule has 0 bridgehead atoms. The molecule has 2 N–H and O–H groups in total. The summed E-state index contributed by atoms with van der Waals surface area (Å²) in [6.45, 7) is 6.89. The van der Waals surface area contributed by atoms with Crippen LogP contribution in [0.1, 0.15) is 47.7 Å². The van der Waals surface area contributed by atoms with Crippen molar-refractivity contribution < 1.29 is 18.0 Å². The fraction of sp³-hybridized carbons (Fsp3) is 0.391. The number of hydrogen-bond donors (Lipinski definition) is 2. The molecule has 31 heavy (non-hydrogen) atoms. The molecule has 1 saturated heterocycles. The number of carbonyl (C=O) groups excluding carboxylic acids is 2. The lowest BCUT2D eigenvalue weighted by molar-refractivity contribution is -0.124. The fourth-order valence-electron chi connectivity index (χ4n) is 3.59. The molecule has 0 aliphatic carbocycles. The monoisotopic (exact) mass is 443 g/mol. The predicted octanol–water partition coefficient (Wildman–Crippen LogP) is 3.24. The number of hydrogen-bond acceptors (Lipinski definition) is 4. The van der Waals surface area contributed by atoms with E-state index in [0.29, 0.717) is 30.8 Å². The third kappa shape index (κ3) is 5.25. The smallest absolute Gasteiger partial charge is 0.261 e. The summed E-state index contributed by atoms with van der Waals surface area (Å²) in [6.07, 6.45) is 2.27. The van der Waals surface area contributed by atoms with Crippen LogP contribution in [0.3, 0.4) is 0 Å². The third-order valence-electron chi connectivity index (χ3n) is 5.54. The number of nitrogens with one attached hydrogen (secondary N) is 2. The predicted molar refractivity (Wildman–Crippen MR) is 121 cm³/mol. The zero-order valence-electron chi connectivity index (χ0n) is 18.1. The number of amides is 2. The van der Waals surface area contributed by atoms with E-state index >= 15 is 0 Å². The largest absolute Gasteiger partial charge is 0.354 e. The standard InChI is InChI=1S/C23H29N3O4S/c1-4-13-24-22(27)21-6-5-14-26(21)23(28)18-8-10-19(11-9-18)25-31(29,30)20-12-7-16(2)17(3)15-20/h7-12,15,21,25H,4-6,13-14H2,1-3H3,(H,24,27)/t21-/m0/s1. The van der Waals surface area contributed by atoms with Crippen LogP contribution in [-0.2, 0) is 14.8 Å². The van der Waals surface area contributed by atoms with Crippen molar-refractivity contribution in [3.8, 4) is 0 Å². The van der Waals surface area contributed by atoms with Gasteiger partial charge in [-0.2, -0.15) is 0 Å². The number of nitrogens with zero attached hydrogens (tertiary/aromatic N) is 1. The number of carbonyl (C=O) groups is 2. The van der Waals surface area contributed by atoms with Gasteiger partial charge < -0.3 is 10.2 Å². The quantitative estimate of drug-likeness (QED) is 0.687. The maximum atomic E-state index is 12.9. The maximum Gasteiger partial charge on any atom is 0.261 e. The maximum absolute atomic E-state index is 12.9. The Morgan fingerprint density at radius 2 is 1.77 bits per heavy atom. The summed E-state index contributed by atoms with van der Waals surface area (Å²) in [7, 11) is -3.73. The summed E-state index contributed by atoms with van der Waals surface area (Å²) in [5.74, 6) is -0.344. The molecule has 2 amide bonds. The Kier molecular flexibility index (Phi) is 7.00. The first-order valence-electron chi connectivity index (χ1n) is 10.5. The van der Waals surface area contributed by atoms with Crippen molar-refractivity contribution in [3.05, 3.63) is 59.2 Å². The number of rotatable bonds is 7. The number of likely N-dealkylation sites (tertiary alicyclic amines) is 1. The van der Waals surface area contributed by atoms with Gasteiger partial charge in [-0.3, -0.25) is 14.3 Å². The minimum atomic E-state index is -3.73. The van der Waals surface area contributed by atoms with Crippen LogP contribution in [0.5, 0.6) is 0 Å². The van der Waals surface area contributed by atoms with Crippen LogP contribution in [0.15, 0.2) is 47.4 Å². The number of aryl methyl sites for hydroxylation is 2. The van der Waals surface area contributed by atoms with E-state index in [0.717, 1.165) is 24.0 Å². The van der Waals surface area contributed by atoms with Crippen LogP contribution in [-0.4, -0.2) is 44.3 Å². The van der Waals surface area contributed by atoms with E-state index in [1.54, 1.807) is 47.4 Å². The lowest BCUT2D eigenvalue weighted by atomic mass is 10.1. The summed E-state index contributed by atoms with van der Waals surface area (Å²) in [4.78, 5) is 27.1. The lowest BCUT2D eigenvalue weighted by Gasteiger charge is -2.24. The summed E-state index contributed by atoms with van der Waals surface area (Å²) in [5, 5.41) is 2.86. The van der Waals surface area contributed by atoms with Crippen molar-refractivity contribution in [2.24, 2.45) is 0 Å². The number of sulfonamides is 1. The first-order valence-corrected chi connectivity index (χ1v) is 12.0. The SMILES string of the molecule is CCCNC(=O)[C@@H]1CCCN1C(=O)c1ccc(NS(=O)(=O)c2ccc(C)c(C)c2)cc1. The highest BCUT2D eigenvalue weighted by Crippen LogP contribution is 2.23. The third-order valence-corrected chi connectivity index (χ3v) is 6.92. The Bertz CT molecular complexity index is 1060. The Morgan fingerprint density at radius 1 is 1.06 bits per heavy atom. The molecule has 0 aromatic heterocycles. The van der Waals surface area contributed by atoms with Gasteiger partial charge in [0.1, 0.15) is 6.04 Å². The van der Waals surface area contributed by atoms with Gasteiger partial charge in [0.2, 0.25) is 5.91 Å². The van der Waals surface area contributed by atoms with Gasteiger partial charge in [-0.25, -0.2) is 8.42 Å². The highest BCUT2D eigenvalue weighted by Gasteiger charge is 2.34. The molecule has 0 saturated carbocycles. The second kappa shape index (κ2) is 9.51. The molecule has 1 aliphatic rings. The molecule has 2 aromatic rings. The van der Waals surface area contributed by atoms with Crippen LogP contribution < -0.4 is 10.0 Å². The Balaban J connectivity index is 1.71. The lowest BCUT2D eigenvalue weighted by Crippen LogP contribution is -2.46. The van der Waals surface area contributed by atoms with E-state index < -0.39 is 16.1 Å². The molecule has 0 unspecified atom stereocenters. The van der Waals surface area contributed by atoms with Gasteiger partial charge in [0.05, 0.1) is 4.90 Å². The summed E-state index contributed by atoms with van der Waals surface area (Å²) < 4.78 is 27.9. The Hall–Kier alpha value is -2.87. The molecule has 1 fully saturated rings. The van der Waals surface area contributed by atoms with Gasteiger partial charge in [0.15, 0.2) is 0 Å². The average molecular weight is 444 g/mol. The second-order valence-electron chi connectivity index (χ2n) is 7.88. The normalized spacial score (nSPS) is 16.2. The number of anilines is 1. The molecule has 3 rings (SSSR count). The van der Waals surface area contributed by atoms with Crippen LogP contribution in [0, 0.1) is 13.8 Å². The summed E-state index contributed by atoms with van der Waals surface area (Å²) >= 11 is 0. The van der Waals surface area contributed by atoms with Crippen molar-refractivity contribution in [1.29, 1.82) is 0 Å². The second-order valence-corrected chi connectivity index (χ2v) is 9.56. The molecular formula is C23H29N3O4S. The Morgan fingerprint density at radius 3 is 2.42 bits per heavy atom. The summed E-state index contributed by atoms with van der Waals surface area (Å²) in [5.41, 5.74) is 2.70. The molecule has 1 heterocycles. The van der Waals surface area contributed by atoms with Gasteiger partial charge in [-0.05, 0) is 80.6 Å². The van der Waals surface area contributed by atoms with Gasteiger partial charge >= 0.3 is 0 Å². The van der Waals surface area contributed by atoms with Crippen LogP contribution in [0.4, 0.5) is 5.69 Å². The van der Waals surface area contributed by atoms with Gasteiger partial charge in [-0.1, -0.05) is 13.0 Å². The molecule has 1 aliphatic heterocycles. The van der Waals surface area contributed by atoms with Crippen LogP contribution in [0.2, 0.25) is 0 Å². The topological polar surface area (TPSA) is 95.6 Å². The van der Waals surface area contributed by atoms with Crippen molar-refractivity contribution >= 4 is 27.5 Å². The first kappa shape index (κ1) is 22.8. The van der Waals surface area contributed by atoms with E-state index in [1.807, 2.05) is 20.8 Å². The van der Waals surface area contributed by atoms with E-state index in [4.69, 9.17) is 0 Å². The first-order chi connectivity index (χ1) is 14.7. The van der Waals surface area contributed by atoms with Crippen molar-refractivity contribution in [3.63, 3.8) is 0 Å². The van der Waals surface area contributed by atoms with Crippen molar-refractivity contribution in [2.75, 3.05) is 17.8 Å². The van der Waals surface area contributed by atoms with E-state index in [9.17, 15) is 18.0 Å². The molecule has 1 atom stereocenters. The Labute approximate surface area is 183 Å². The van der Waals surface area contributed by atoms with Crippen molar-refractivity contribution in [2.45, 2.75) is 51.0 Å². The van der Waals surface area contributed by atoms with Gasteiger partial charge in [-0.15, -0.1) is 0 Å². The molecule has 0 radical (unpaired) electrons. The molecular weight excluding hydrogens is 414 g/mol. The average Bonchev–Trinajstić information content (AvgIpc) is 3.23. The highest BCUT2D eigenvalue weighted by atomic mass is 32.2. The van der Waals surface area contributed by atoms with Crippen LogP contribution in [0.25, 0.3) is 0 Å². The zero-order valence-corrected chi connectivity index (χ0v) is 19.0. The summed E-state index contributed by atoms with van der Waals surface area (Å²) in [6, 6.07) is 10.8. The van der Waals surface area contributed by atoms with Gasteiger partial charge in [0.25, 0.3) is 15.9 Å². The molecule has 166 valence electrons. The van der Waals surface area contributed by atoms with Crippen molar-refractivity contribution in [1.82, 2.24) is 10.2 Å². The zero-order chi connectivity index (χ0) is 22.6. The minimum absolute atomic E-state index is 0.120. The molecule has 2 aromatic carbocycles. The van der Waals surface area contributed by atoms with E-state index in [2.05, 4.69) is 10.0 Å².